The average Bonchev–Trinajstić information content (AvgIpc) is 3.06. The fourth-order valence-electron chi connectivity index (χ4n) is 2.83. The first-order valence-electron chi connectivity index (χ1n) is 6.83. The fourth-order valence-corrected chi connectivity index (χ4v) is 2.83. The number of fused-ring (bicyclic) bond motifs is 2. The number of carbonyl (C=O) groups excluding carboxylic acids is 2. The number of carbonyl (C=O) groups is 2. The molecule has 0 bridgehead atoms. The number of aliphatic imine (C=N–C) groups is 1. The summed E-state index contributed by atoms with van der Waals surface area (Å²) in [6.45, 7) is 0.305. The lowest BCUT2D eigenvalue weighted by Crippen LogP contribution is -2.29. The summed E-state index contributed by atoms with van der Waals surface area (Å²) in [6.07, 6.45) is 2.68. The van der Waals surface area contributed by atoms with Gasteiger partial charge in [-0.15, -0.1) is 0 Å². The highest BCUT2D eigenvalue weighted by atomic mass is 16.2. The van der Waals surface area contributed by atoms with Crippen LogP contribution < -0.4 is 0 Å². The lowest BCUT2D eigenvalue weighted by Gasteiger charge is -2.14. The van der Waals surface area contributed by atoms with E-state index in [1.807, 2.05) is 24.4 Å². The number of rotatable bonds is 2. The molecule has 2 aromatic rings. The average molecular weight is 276 g/mol. The molecule has 0 aliphatic carbocycles. The first-order chi connectivity index (χ1) is 10.2. The molecule has 2 aliphatic heterocycles. The third kappa shape index (κ3) is 1.80. The largest absolute Gasteiger partial charge is 0.270 e. The summed E-state index contributed by atoms with van der Waals surface area (Å²) in [5.74, 6) is -0.431. The normalized spacial score (nSPS) is 15.5. The second-order valence-electron chi connectivity index (χ2n) is 5.22. The topological polar surface area (TPSA) is 49.7 Å². The van der Waals surface area contributed by atoms with E-state index in [1.165, 1.54) is 4.90 Å². The zero-order chi connectivity index (χ0) is 14.4. The number of benzene rings is 2. The molecule has 0 saturated heterocycles. The molecular weight excluding hydrogens is 264 g/mol. The van der Waals surface area contributed by atoms with E-state index in [-0.39, 0.29) is 11.8 Å². The molecule has 2 heterocycles. The molecule has 21 heavy (non-hydrogen) atoms. The van der Waals surface area contributed by atoms with Crippen LogP contribution in [0.1, 0.15) is 31.8 Å². The van der Waals surface area contributed by atoms with Crippen molar-refractivity contribution in [3.05, 3.63) is 64.7 Å². The van der Waals surface area contributed by atoms with Gasteiger partial charge in [-0.1, -0.05) is 24.3 Å². The maximum Gasteiger partial charge on any atom is 0.261 e. The van der Waals surface area contributed by atoms with Gasteiger partial charge in [0.2, 0.25) is 0 Å². The van der Waals surface area contributed by atoms with Crippen LogP contribution in [0.15, 0.2) is 47.5 Å². The van der Waals surface area contributed by atoms with Crippen molar-refractivity contribution in [1.82, 2.24) is 4.90 Å². The van der Waals surface area contributed by atoms with Gasteiger partial charge in [-0.25, -0.2) is 0 Å². The van der Waals surface area contributed by atoms with E-state index in [4.69, 9.17) is 0 Å². The molecule has 4 nitrogen and oxygen atoms in total. The number of nitrogens with zero attached hydrogens (tertiary/aromatic N) is 2. The van der Waals surface area contributed by atoms with E-state index < -0.39 is 0 Å². The van der Waals surface area contributed by atoms with Gasteiger partial charge in [0.25, 0.3) is 11.8 Å². The van der Waals surface area contributed by atoms with E-state index in [9.17, 15) is 9.59 Å². The van der Waals surface area contributed by atoms with E-state index in [0.717, 1.165) is 23.2 Å². The standard InChI is InChI=1S/C17H12N2O2/c20-16-13-3-1-2-4-14(13)17(21)19(16)10-11-5-6-15-12(9-11)7-8-18-15/h1-6,8-9H,7,10H2. The molecule has 2 aromatic carbocycles. The minimum absolute atomic E-state index is 0.215. The fraction of sp³-hybridized carbons (Fsp3) is 0.118. The predicted molar refractivity (Wildman–Crippen MR) is 78.9 cm³/mol. The lowest BCUT2D eigenvalue weighted by atomic mass is 10.1. The monoisotopic (exact) mass is 276 g/mol. The summed E-state index contributed by atoms with van der Waals surface area (Å²) in [5, 5.41) is 0. The molecule has 0 atom stereocenters. The molecule has 0 saturated carbocycles. The van der Waals surface area contributed by atoms with Crippen LogP contribution in [0.5, 0.6) is 0 Å². The second-order valence-corrected chi connectivity index (χ2v) is 5.22. The van der Waals surface area contributed by atoms with Gasteiger partial charge in [-0.05, 0) is 29.3 Å². The Morgan fingerprint density at radius 2 is 1.71 bits per heavy atom. The van der Waals surface area contributed by atoms with Gasteiger partial charge < -0.3 is 0 Å². The van der Waals surface area contributed by atoms with E-state index >= 15 is 0 Å². The minimum atomic E-state index is -0.215. The van der Waals surface area contributed by atoms with Gasteiger partial charge in [-0.2, -0.15) is 0 Å². The Morgan fingerprint density at radius 1 is 1.00 bits per heavy atom. The molecular formula is C17H12N2O2. The molecule has 0 aromatic heterocycles. The van der Waals surface area contributed by atoms with Crippen LogP contribution in [0.3, 0.4) is 0 Å². The number of imide groups is 1. The third-order valence-electron chi connectivity index (χ3n) is 3.90. The molecule has 0 spiro atoms. The maximum absolute atomic E-state index is 12.3. The maximum atomic E-state index is 12.3. The minimum Gasteiger partial charge on any atom is -0.270 e. The third-order valence-corrected chi connectivity index (χ3v) is 3.90. The molecule has 102 valence electrons. The Labute approximate surface area is 121 Å². The van der Waals surface area contributed by atoms with Crippen molar-refractivity contribution in [2.24, 2.45) is 4.99 Å². The first-order valence-corrected chi connectivity index (χ1v) is 6.83. The Kier molecular flexibility index (Phi) is 2.51. The van der Waals surface area contributed by atoms with Gasteiger partial charge in [0.15, 0.2) is 0 Å². The number of hydrogen-bond donors (Lipinski definition) is 0. The highest BCUT2D eigenvalue weighted by molar-refractivity contribution is 6.21. The van der Waals surface area contributed by atoms with Crippen LogP contribution in [-0.2, 0) is 13.0 Å². The summed E-state index contributed by atoms with van der Waals surface area (Å²) >= 11 is 0. The van der Waals surface area contributed by atoms with Crippen LogP contribution in [-0.4, -0.2) is 22.9 Å². The van der Waals surface area contributed by atoms with Crippen molar-refractivity contribution < 1.29 is 9.59 Å². The highest BCUT2D eigenvalue weighted by Gasteiger charge is 2.34. The molecule has 4 heteroatoms. The Hall–Kier alpha value is -2.75. The molecule has 0 N–H and O–H groups in total. The lowest BCUT2D eigenvalue weighted by molar-refractivity contribution is 0.0642. The number of amides is 2. The molecule has 0 radical (unpaired) electrons. The van der Waals surface area contributed by atoms with Gasteiger partial charge in [0.1, 0.15) is 0 Å². The Morgan fingerprint density at radius 3 is 2.43 bits per heavy atom. The van der Waals surface area contributed by atoms with Crippen molar-refractivity contribution in [3.63, 3.8) is 0 Å². The molecule has 2 aliphatic rings. The van der Waals surface area contributed by atoms with Crippen LogP contribution in [0.25, 0.3) is 0 Å². The Bertz CT molecular complexity index is 773. The highest BCUT2D eigenvalue weighted by Crippen LogP contribution is 2.28. The van der Waals surface area contributed by atoms with Crippen molar-refractivity contribution in [2.45, 2.75) is 13.0 Å². The van der Waals surface area contributed by atoms with Gasteiger partial charge in [0.05, 0.1) is 23.4 Å². The SMILES string of the molecule is O=C1c2ccccc2C(=O)N1Cc1ccc2c(c1)CC=N2. The quantitative estimate of drug-likeness (QED) is 0.792. The molecule has 0 fully saturated rings. The van der Waals surface area contributed by atoms with Crippen molar-refractivity contribution in [2.75, 3.05) is 0 Å². The van der Waals surface area contributed by atoms with Crippen LogP contribution in [0.4, 0.5) is 5.69 Å². The van der Waals surface area contributed by atoms with Gasteiger partial charge in [0, 0.05) is 12.6 Å². The van der Waals surface area contributed by atoms with Crippen LogP contribution >= 0.6 is 0 Å². The van der Waals surface area contributed by atoms with Crippen molar-refractivity contribution in [1.29, 1.82) is 0 Å². The summed E-state index contributed by atoms with van der Waals surface area (Å²) < 4.78 is 0. The van der Waals surface area contributed by atoms with E-state index in [1.54, 1.807) is 24.3 Å². The zero-order valence-electron chi connectivity index (χ0n) is 11.2. The summed E-state index contributed by atoms with van der Waals surface area (Å²) in [6, 6.07) is 12.8. The van der Waals surface area contributed by atoms with Crippen molar-refractivity contribution >= 4 is 23.7 Å². The smallest absolute Gasteiger partial charge is 0.261 e. The Balaban J connectivity index is 1.64. The van der Waals surface area contributed by atoms with Crippen LogP contribution in [0, 0.1) is 0 Å². The second kappa shape index (κ2) is 4.38. The van der Waals surface area contributed by atoms with Crippen molar-refractivity contribution in [3.8, 4) is 0 Å². The van der Waals surface area contributed by atoms with E-state index in [2.05, 4.69) is 4.99 Å². The van der Waals surface area contributed by atoms with E-state index in [0.29, 0.717) is 17.7 Å². The molecule has 4 rings (SSSR count). The molecule has 0 unspecified atom stereocenters. The first kappa shape index (κ1) is 12.0. The number of hydrogen-bond acceptors (Lipinski definition) is 3. The predicted octanol–water partition coefficient (Wildman–Crippen LogP) is 2.74. The summed E-state index contributed by atoms with van der Waals surface area (Å²) in [5.41, 5.74) is 4.05. The summed E-state index contributed by atoms with van der Waals surface area (Å²) in [7, 11) is 0. The summed E-state index contributed by atoms with van der Waals surface area (Å²) in [4.78, 5) is 30.2. The zero-order valence-corrected chi connectivity index (χ0v) is 11.2. The van der Waals surface area contributed by atoms with Gasteiger partial charge in [-0.3, -0.25) is 19.5 Å². The molecule has 2 amide bonds. The van der Waals surface area contributed by atoms with Crippen LogP contribution in [0.2, 0.25) is 0 Å². The van der Waals surface area contributed by atoms with Gasteiger partial charge >= 0.3 is 0 Å².